The Balaban J connectivity index is 2.47. The highest BCUT2D eigenvalue weighted by molar-refractivity contribution is 7.47. The Morgan fingerprint density at radius 1 is 0.762 bits per heavy atom. The Kier molecular flexibility index (Phi) is 19.3. The molecule has 1 rings (SSSR count). The number of unbranched alkanes of at least 4 members (excludes halogenated alkanes) is 6. The van der Waals surface area contributed by atoms with E-state index in [1.54, 1.807) is 6.92 Å². The van der Waals surface area contributed by atoms with Crippen LogP contribution in [-0.4, -0.2) is 98.3 Å². The zero-order valence-corrected chi connectivity index (χ0v) is 25.4. The molecule has 6 unspecified atom stereocenters. The lowest BCUT2D eigenvalue weighted by molar-refractivity contribution is -0.220. The second-order valence-corrected chi connectivity index (χ2v) is 11.6. The molecule has 6 N–H and O–H groups in total. The number of rotatable bonds is 21. The summed E-state index contributed by atoms with van der Waals surface area (Å²) < 4.78 is 32.3. The average molecular weight is 625 g/mol. The summed E-state index contributed by atoms with van der Waals surface area (Å²) in [6.45, 7) is 2.50. The van der Waals surface area contributed by atoms with Gasteiger partial charge in [0.2, 0.25) is 0 Å². The lowest BCUT2D eigenvalue weighted by Gasteiger charge is -2.41. The van der Waals surface area contributed by atoms with Gasteiger partial charge in [0.15, 0.2) is 6.10 Å². The molecule has 13 nitrogen and oxygen atoms in total. The van der Waals surface area contributed by atoms with Gasteiger partial charge in [0.1, 0.15) is 43.2 Å². The summed E-state index contributed by atoms with van der Waals surface area (Å²) in [7, 11) is -5.07. The number of phosphoric acid groups is 1. The fourth-order valence-electron chi connectivity index (χ4n) is 4.07. The average Bonchev–Trinajstić information content (AvgIpc) is 2.96. The van der Waals surface area contributed by atoms with E-state index in [2.05, 4.69) is 31.2 Å². The molecule has 0 saturated heterocycles. The van der Waals surface area contributed by atoms with Crippen LogP contribution in [0.1, 0.15) is 84.5 Å². The third kappa shape index (κ3) is 15.2. The van der Waals surface area contributed by atoms with Crippen molar-refractivity contribution < 1.29 is 63.1 Å². The van der Waals surface area contributed by atoms with Gasteiger partial charge in [0, 0.05) is 12.8 Å². The van der Waals surface area contributed by atoms with Crippen LogP contribution in [0.15, 0.2) is 24.3 Å². The van der Waals surface area contributed by atoms with Crippen LogP contribution in [0, 0.1) is 0 Å². The van der Waals surface area contributed by atoms with E-state index in [0.29, 0.717) is 6.42 Å². The number of aliphatic hydroxyl groups excluding tert-OH is 5. The smallest absolute Gasteiger partial charge is 0.462 e. The van der Waals surface area contributed by atoms with Crippen LogP contribution in [0.4, 0.5) is 0 Å². The van der Waals surface area contributed by atoms with Gasteiger partial charge in [-0.05, 0) is 32.1 Å². The highest BCUT2D eigenvalue weighted by Gasteiger charge is 2.51. The number of hydrogen-bond donors (Lipinski definition) is 6. The molecule has 1 aliphatic carbocycles. The predicted octanol–water partition coefficient (Wildman–Crippen LogP) is 2.20. The number of carbonyl (C=O) groups excluding carboxylic acids is 2. The minimum atomic E-state index is -5.07. The Morgan fingerprint density at radius 2 is 1.33 bits per heavy atom. The van der Waals surface area contributed by atoms with Crippen LogP contribution in [0.5, 0.6) is 0 Å². The molecule has 1 aliphatic rings. The van der Waals surface area contributed by atoms with E-state index in [1.807, 2.05) is 0 Å². The maximum atomic E-state index is 12.5. The standard InChI is InChI=1S/C28H49O13P/c1-3-5-6-7-8-9-10-11-12-13-14-15-16-17-22(30)40-20(18-38-21(29)4-2)19-39-42(36,37)41-28-26(34)24(32)23(31)25(33)27(28)35/h6-7,9-10,20,23-28,31-35H,3-5,8,11-19H2,1-2H3,(H,36,37)/b7-6-,10-9-. The third-order valence-electron chi connectivity index (χ3n) is 6.58. The van der Waals surface area contributed by atoms with Gasteiger partial charge in [-0.2, -0.15) is 0 Å². The summed E-state index contributed by atoms with van der Waals surface area (Å²) in [6, 6.07) is 0. The molecule has 0 bridgehead atoms. The third-order valence-corrected chi connectivity index (χ3v) is 7.57. The first-order valence-electron chi connectivity index (χ1n) is 14.6. The van der Waals surface area contributed by atoms with Gasteiger partial charge >= 0.3 is 19.8 Å². The molecule has 0 amide bonds. The summed E-state index contributed by atoms with van der Waals surface area (Å²) >= 11 is 0. The summed E-state index contributed by atoms with van der Waals surface area (Å²) in [5.41, 5.74) is 0. The summed E-state index contributed by atoms with van der Waals surface area (Å²) in [6.07, 6.45) is 4.21. The molecule has 0 radical (unpaired) electrons. The number of esters is 2. The van der Waals surface area contributed by atoms with Crippen molar-refractivity contribution in [1.82, 2.24) is 0 Å². The van der Waals surface area contributed by atoms with Gasteiger partial charge in [-0.25, -0.2) is 4.57 Å². The van der Waals surface area contributed by atoms with Crippen molar-refractivity contribution in [3.63, 3.8) is 0 Å². The van der Waals surface area contributed by atoms with Crippen LogP contribution >= 0.6 is 7.82 Å². The predicted molar refractivity (Wildman–Crippen MR) is 152 cm³/mol. The summed E-state index contributed by atoms with van der Waals surface area (Å²) in [4.78, 5) is 34.0. The monoisotopic (exact) mass is 624 g/mol. The van der Waals surface area contributed by atoms with Crippen molar-refractivity contribution in [1.29, 1.82) is 0 Å². The molecule has 42 heavy (non-hydrogen) atoms. The lowest BCUT2D eigenvalue weighted by atomic mass is 9.85. The van der Waals surface area contributed by atoms with Crippen LogP contribution in [0.2, 0.25) is 0 Å². The Labute approximate surface area is 247 Å². The SMILES string of the molecule is CCC/C=C\C/C=C\CCCCCCCC(=O)OC(COC(=O)CC)COP(=O)(O)OC1C(O)C(O)C(O)C(O)C1O. The minimum Gasteiger partial charge on any atom is -0.462 e. The van der Waals surface area contributed by atoms with Gasteiger partial charge < -0.3 is 39.9 Å². The van der Waals surface area contributed by atoms with E-state index in [9.17, 15) is 44.6 Å². The van der Waals surface area contributed by atoms with Crippen LogP contribution in [0.3, 0.4) is 0 Å². The van der Waals surface area contributed by atoms with E-state index in [1.165, 1.54) is 0 Å². The molecule has 1 fully saturated rings. The van der Waals surface area contributed by atoms with Crippen molar-refractivity contribution in [2.45, 2.75) is 127 Å². The molecule has 6 atom stereocenters. The molecule has 0 heterocycles. The van der Waals surface area contributed by atoms with E-state index in [-0.39, 0.29) is 12.8 Å². The van der Waals surface area contributed by atoms with Gasteiger partial charge in [0.25, 0.3) is 0 Å². The fraction of sp³-hybridized carbons (Fsp3) is 0.786. The molecule has 0 spiro atoms. The molecule has 1 saturated carbocycles. The van der Waals surface area contributed by atoms with E-state index >= 15 is 0 Å². The largest absolute Gasteiger partial charge is 0.472 e. The zero-order valence-electron chi connectivity index (χ0n) is 24.5. The second kappa shape index (κ2) is 21.1. The summed E-state index contributed by atoms with van der Waals surface area (Å²) in [5, 5.41) is 49.2. The van der Waals surface area contributed by atoms with Gasteiger partial charge in [-0.1, -0.05) is 63.8 Å². The van der Waals surface area contributed by atoms with E-state index in [0.717, 1.165) is 51.4 Å². The van der Waals surface area contributed by atoms with Crippen molar-refractivity contribution >= 4 is 19.8 Å². The zero-order chi connectivity index (χ0) is 31.5. The molecule has 0 aromatic carbocycles. The molecular weight excluding hydrogens is 575 g/mol. The molecule has 0 aliphatic heterocycles. The normalized spacial score (nSPS) is 26.8. The molecular formula is C28H49O13P. The number of aliphatic hydroxyl groups is 5. The fourth-order valence-corrected chi connectivity index (χ4v) is 5.04. The molecule has 14 heteroatoms. The molecule has 0 aromatic rings. The number of hydrogen-bond acceptors (Lipinski definition) is 12. The summed E-state index contributed by atoms with van der Waals surface area (Å²) in [5.74, 6) is -1.22. The van der Waals surface area contributed by atoms with Crippen molar-refractivity contribution in [2.24, 2.45) is 0 Å². The Morgan fingerprint density at radius 3 is 1.95 bits per heavy atom. The molecule has 244 valence electrons. The van der Waals surface area contributed by atoms with E-state index in [4.69, 9.17) is 18.5 Å². The van der Waals surface area contributed by atoms with E-state index < -0.39 is 75.7 Å². The maximum absolute atomic E-state index is 12.5. The lowest BCUT2D eigenvalue weighted by Crippen LogP contribution is -2.64. The number of phosphoric ester groups is 1. The maximum Gasteiger partial charge on any atom is 0.472 e. The highest BCUT2D eigenvalue weighted by atomic mass is 31.2. The van der Waals surface area contributed by atoms with Crippen LogP contribution < -0.4 is 0 Å². The quantitative estimate of drug-likeness (QED) is 0.0469. The Bertz CT molecular complexity index is 864. The Hall–Kier alpha value is -1.67. The van der Waals surface area contributed by atoms with Gasteiger partial charge in [0.05, 0.1) is 6.61 Å². The second-order valence-electron chi connectivity index (χ2n) is 10.2. The topological polar surface area (TPSA) is 210 Å². The van der Waals surface area contributed by atoms with Crippen molar-refractivity contribution in [2.75, 3.05) is 13.2 Å². The van der Waals surface area contributed by atoms with Crippen molar-refractivity contribution in [3.05, 3.63) is 24.3 Å². The first-order valence-corrected chi connectivity index (χ1v) is 16.1. The van der Waals surface area contributed by atoms with Gasteiger partial charge in [-0.3, -0.25) is 18.6 Å². The number of ether oxygens (including phenoxy) is 2. The molecule has 0 aromatic heterocycles. The highest BCUT2D eigenvalue weighted by Crippen LogP contribution is 2.47. The number of carbonyl (C=O) groups is 2. The van der Waals surface area contributed by atoms with Crippen LogP contribution in [-0.2, 0) is 32.7 Å². The number of allylic oxidation sites excluding steroid dienone is 4. The van der Waals surface area contributed by atoms with Crippen molar-refractivity contribution in [3.8, 4) is 0 Å². The first kappa shape index (κ1) is 38.4. The first-order chi connectivity index (χ1) is 19.9. The van der Waals surface area contributed by atoms with Crippen LogP contribution in [0.25, 0.3) is 0 Å². The minimum absolute atomic E-state index is 0.0445. The van der Waals surface area contributed by atoms with Gasteiger partial charge in [-0.15, -0.1) is 0 Å².